The molecule has 0 amide bonds. The third kappa shape index (κ3) is 4.63. The summed E-state index contributed by atoms with van der Waals surface area (Å²) in [4.78, 5) is 33.7. The number of hydrogen-bond donors (Lipinski definition) is 0. The van der Waals surface area contributed by atoms with Gasteiger partial charge in [-0.25, -0.2) is 34.9 Å². The van der Waals surface area contributed by atoms with Crippen LogP contribution in [0.1, 0.15) is 11.1 Å². The Balaban J connectivity index is 1.20. The van der Waals surface area contributed by atoms with Crippen molar-refractivity contribution >= 4 is 0 Å². The number of hydrogen-bond acceptors (Lipinski definition) is 7. The van der Waals surface area contributed by atoms with Gasteiger partial charge in [-0.3, -0.25) is 0 Å². The minimum Gasteiger partial charge on any atom is -0.244 e. The second-order valence-corrected chi connectivity index (χ2v) is 10.2. The molecule has 4 heterocycles. The zero-order valence-corrected chi connectivity index (χ0v) is 23.0. The van der Waals surface area contributed by atoms with Crippen molar-refractivity contribution < 1.29 is 0 Å². The van der Waals surface area contributed by atoms with Crippen LogP contribution in [-0.4, -0.2) is 34.9 Å². The number of aromatic nitrogens is 7. The van der Waals surface area contributed by atoms with Crippen LogP contribution in [0.2, 0.25) is 0 Å². The number of rotatable bonds is 5. The lowest BCUT2D eigenvalue weighted by atomic mass is 10.1. The van der Waals surface area contributed by atoms with Crippen LogP contribution in [-0.2, 0) is 6.42 Å². The Kier molecular flexibility index (Phi) is 6.04. The van der Waals surface area contributed by atoms with Gasteiger partial charge in [0.1, 0.15) is 12.0 Å². The van der Waals surface area contributed by atoms with E-state index in [-0.39, 0.29) is 0 Å². The smallest absolute Gasteiger partial charge is 0.182 e. The predicted molar refractivity (Wildman–Crippen MR) is 166 cm³/mol. The number of benzene rings is 3. The molecule has 0 aliphatic heterocycles. The first-order chi connectivity index (χ1) is 21.3. The van der Waals surface area contributed by atoms with Crippen molar-refractivity contribution in [3.05, 3.63) is 139 Å². The third-order valence-electron chi connectivity index (χ3n) is 7.52. The molecular weight excluding hydrogens is 530 g/mol. The van der Waals surface area contributed by atoms with Gasteiger partial charge in [0.25, 0.3) is 0 Å². The molecule has 0 bridgehead atoms. The fraction of sp³-hybridized carbons (Fsp3) is 0.0278. The van der Waals surface area contributed by atoms with Crippen molar-refractivity contribution in [1.29, 1.82) is 0 Å². The van der Waals surface area contributed by atoms with E-state index in [1.165, 1.54) is 5.56 Å². The van der Waals surface area contributed by atoms with Crippen LogP contribution in [0.25, 0.3) is 68.3 Å². The summed E-state index contributed by atoms with van der Waals surface area (Å²) in [5, 5.41) is 0. The van der Waals surface area contributed by atoms with Crippen molar-refractivity contribution in [1.82, 2.24) is 34.9 Å². The van der Waals surface area contributed by atoms with Gasteiger partial charge in [-0.2, -0.15) is 0 Å². The Morgan fingerprint density at radius 1 is 0.395 bits per heavy atom. The van der Waals surface area contributed by atoms with E-state index in [4.69, 9.17) is 24.9 Å². The summed E-state index contributed by atoms with van der Waals surface area (Å²) in [5.74, 6) is 1.68. The first-order valence-corrected chi connectivity index (χ1v) is 14.0. The van der Waals surface area contributed by atoms with E-state index >= 15 is 0 Å². The maximum absolute atomic E-state index is 5.01. The van der Waals surface area contributed by atoms with Gasteiger partial charge in [0.05, 0.1) is 28.5 Å². The fourth-order valence-corrected chi connectivity index (χ4v) is 5.46. The largest absolute Gasteiger partial charge is 0.244 e. The van der Waals surface area contributed by atoms with E-state index in [1.807, 2.05) is 103 Å². The van der Waals surface area contributed by atoms with Crippen LogP contribution in [0.5, 0.6) is 0 Å². The molecular formula is C36H23N7. The highest BCUT2D eigenvalue weighted by molar-refractivity contribution is 5.80. The van der Waals surface area contributed by atoms with Crippen LogP contribution in [0, 0.1) is 0 Å². The molecule has 0 saturated heterocycles. The molecule has 4 aromatic heterocycles. The minimum atomic E-state index is 0.497. The molecule has 1 aliphatic rings. The quantitative estimate of drug-likeness (QED) is 0.220. The van der Waals surface area contributed by atoms with Crippen LogP contribution in [0.15, 0.2) is 128 Å². The maximum atomic E-state index is 5.01. The second-order valence-electron chi connectivity index (χ2n) is 10.2. The van der Waals surface area contributed by atoms with Crippen molar-refractivity contribution in [2.24, 2.45) is 0 Å². The van der Waals surface area contributed by atoms with Gasteiger partial charge < -0.3 is 0 Å². The van der Waals surface area contributed by atoms with Crippen LogP contribution < -0.4 is 0 Å². The van der Waals surface area contributed by atoms with Crippen LogP contribution in [0.4, 0.5) is 0 Å². The van der Waals surface area contributed by atoms with Gasteiger partial charge in [0.2, 0.25) is 0 Å². The zero-order chi connectivity index (χ0) is 28.6. The molecule has 1 aliphatic carbocycles. The van der Waals surface area contributed by atoms with E-state index in [9.17, 15) is 0 Å². The minimum absolute atomic E-state index is 0.497. The van der Waals surface area contributed by atoms with Crippen LogP contribution >= 0.6 is 0 Å². The van der Waals surface area contributed by atoms with E-state index in [0.29, 0.717) is 23.2 Å². The summed E-state index contributed by atoms with van der Waals surface area (Å²) in [6.45, 7) is 0. The topological polar surface area (TPSA) is 90.2 Å². The molecule has 7 heteroatoms. The Labute approximate surface area is 248 Å². The average Bonchev–Trinajstić information content (AvgIpc) is 3.48. The predicted octanol–water partition coefficient (Wildman–Crippen LogP) is 7.36. The molecule has 0 spiro atoms. The Morgan fingerprint density at radius 3 is 1.63 bits per heavy atom. The molecule has 0 fully saturated rings. The molecule has 202 valence electrons. The normalized spacial score (nSPS) is 11.6. The first-order valence-electron chi connectivity index (χ1n) is 14.0. The summed E-state index contributed by atoms with van der Waals surface area (Å²) >= 11 is 0. The molecule has 0 saturated carbocycles. The van der Waals surface area contributed by atoms with Gasteiger partial charge in [0.15, 0.2) is 17.5 Å². The number of pyridine rings is 2. The van der Waals surface area contributed by atoms with E-state index in [1.54, 1.807) is 6.33 Å². The fourth-order valence-electron chi connectivity index (χ4n) is 5.46. The first kappa shape index (κ1) is 24.8. The molecule has 8 rings (SSSR count). The van der Waals surface area contributed by atoms with E-state index in [2.05, 4.69) is 28.2 Å². The molecule has 0 N–H and O–H groups in total. The van der Waals surface area contributed by atoms with Gasteiger partial charge in [0, 0.05) is 28.7 Å². The lowest BCUT2D eigenvalue weighted by Crippen LogP contribution is -2.02. The summed E-state index contributed by atoms with van der Waals surface area (Å²) in [7, 11) is 0. The zero-order valence-electron chi connectivity index (χ0n) is 23.0. The highest BCUT2D eigenvalue weighted by atomic mass is 15.0. The highest BCUT2D eigenvalue weighted by Crippen LogP contribution is 2.38. The van der Waals surface area contributed by atoms with Crippen LogP contribution in [0.3, 0.4) is 0 Å². The van der Waals surface area contributed by atoms with E-state index < -0.39 is 0 Å². The van der Waals surface area contributed by atoms with E-state index in [0.717, 1.165) is 57.1 Å². The number of nitrogens with zero attached hydrogens (tertiary/aromatic N) is 7. The standard InChI is InChI=1S/C36H23N7/c1-3-11-23(12-4-1)34-41-35(24-13-5-2-6-14-24)43-36(42-34)31-20-10-18-29(40-31)28-17-9-19-30(39-28)33-27-21-25-15-7-8-16-26(25)32(27)37-22-38-33/h1-20,22H,21H2. The van der Waals surface area contributed by atoms with Crippen molar-refractivity contribution in [3.8, 4) is 68.3 Å². The molecule has 3 aromatic carbocycles. The second kappa shape index (κ2) is 10.5. The SMILES string of the molecule is c1ccc(-c2nc(-c3ccccc3)nc(-c3cccc(-c4cccc(-c5ncnc6c5Cc5ccccc5-6)n4)n3)n2)cc1. The lowest BCUT2D eigenvalue weighted by Gasteiger charge is -2.10. The summed E-state index contributed by atoms with van der Waals surface area (Å²) < 4.78 is 0. The molecule has 0 unspecified atom stereocenters. The average molecular weight is 554 g/mol. The molecule has 0 atom stereocenters. The van der Waals surface area contributed by atoms with Gasteiger partial charge in [-0.05, 0) is 29.8 Å². The van der Waals surface area contributed by atoms with Gasteiger partial charge in [-0.15, -0.1) is 0 Å². The highest BCUT2D eigenvalue weighted by Gasteiger charge is 2.24. The Bertz CT molecular complexity index is 2050. The van der Waals surface area contributed by atoms with Crippen molar-refractivity contribution in [2.75, 3.05) is 0 Å². The summed E-state index contributed by atoms with van der Waals surface area (Å²) in [6, 6.07) is 40.0. The van der Waals surface area contributed by atoms with Crippen molar-refractivity contribution in [2.45, 2.75) is 6.42 Å². The third-order valence-corrected chi connectivity index (χ3v) is 7.52. The van der Waals surface area contributed by atoms with Gasteiger partial charge >= 0.3 is 0 Å². The molecule has 7 aromatic rings. The number of fused-ring (bicyclic) bond motifs is 3. The van der Waals surface area contributed by atoms with Crippen molar-refractivity contribution in [3.63, 3.8) is 0 Å². The summed E-state index contributed by atoms with van der Waals surface area (Å²) in [6.07, 6.45) is 2.41. The van der Waals surface area contributed by atoms with Gasteiger partial charge in [-0.1, -0.05) is 97.1 Å². The molecule has 7 nitrogen and oxygen atoms in total. The maximum Gasteiger partial charge on any atom is 0.182 e. The Hall–Kier alpha value is -5.95. The monoisotopic (exact) mass is 553 g/mol. The summed E-state index contributed by atoms with van der Waals surface area (Å²) in [5.41, 5.74) is 10.0. The molecule has 0 radical (unpaired) electrons. The Morgan fingerprint density at radius 2 is 0.930 bits per heavy atom. The lowest BCUT2D eigenvalue weighted by molar-refractivity contribution is 1.06. The molecule has 43 heavy (non-hydrogen) atoms.